The molecule has 1 aromatic carbocycles. The smallest absolute Gasteiger partial charge is 0.207 e. The molecule has 1 aliphatic heterocycles. The molecule has 0 spiro atoms. The molecule has 1 heterocycles. The van der Waals surface area contributed by atoms with Gasteiger partial charge >= 0.3 is 0 Å². The van der Waals surface area contributed by atoms with Crippen molar-refractivity contribution in [2.75, 3.05) is 13.1 Å². The van der Waals surface area contributed by atoms with Crippen LogP contribution in [0.1, 0.15) is 38.2 Å². The summed E-state index contributed by atoms with van der Waals surface area (Å²) in [6.07, 6.45) is 4.58. The first-order valence-corrected chi connectivity index (χ1v) is 9.18. The number of rotatable bonds is 2. The summed E-state index contributed by atoms with van der Waals surface area (Å²) in [6, 6.07) is 7.17. The van der Waals surface area contributed by atoms with Crippen LogP contribution in [-0.2, 0) is 10.0 Å². The Morgan fingerprint density at radius 1 is 1.10 bits per heavy atom. The van der Waals surface area contributed by atoms with Crippen molar-refractivity contribution >= 4 is 10.0 Å². The zero-order chi connectivity index (χ0) is 15.0. The molecule has 3 rings (SSSR count). The van der Waals surface area contributed by atoms with Gasteiger partial charge in [0.1, 0.15) is 0 Å². The van der Waals surface area contributed by atoms with Gasteiger partial charge in [-0.05, 0) is 57.6 Å². The SMILES string of the molecule is CC1=C2CN(S(=O)(=O)c3ccc(C)cc3)CCC2CCC1. The summed E-state index contributed by atoms with van der Waals surface area (Å²) < 4.78 is 27.2. The van der Waals surface area contributed by atoms with Gasteiger partial charge in [-0.1, -0.05) is 28.8 Å². The van der Waals surface area contributed by atoms with Crippen LogP contribution in [0, 0.1) is 12.8 Å². The van der Waals surface area contributed by atoms with Crippen LogP contribution in [0.2, 0.25) is 0 Å². The minimum absolute atomic E-state index is 0.417. The number of sulfonamides is 1. The minimum atomic E-state index is -3.35. The van der Waals surface area contributed by atoms with Gasteiger partial charge in [0, 0.05) is 13.1 Å². The molecular formula is C17H23NO2S. The van der Waals surface area contributed by atoms with E-state index in [2.05, 4.69) is 6.92 Å². The van der Waals surface area contributed by atoms with Gasteiger partial charge in [0.2, 0.25) is 10.0 Å². The van der Waals surface area contributed by atoms with E-state index in [9.17, 15) is 8.42 Å². The Balaban J connectivity index is 1.88. The molecule has 0 amide bonds. The highest BCUT2D eigenvalue weighted by Gasteiger charge is 2.33. The lowest BCUT2D eigenvalue weighted by Gasteiger charge is -2.37. The van der Waals surface area contributed by atoms with Crippen LogP contribution in [0.15, 0.2) is 40.3 Å². The van der Waals surface area contributed by atoms with Crippen molar-refractivity contribution in [2.24, 2.45) is 5.92 Å². The van der Waals surface area contributed by atoms with Gasteiger partial charge in [-0.2, -0.15) is 4.31 Å². The molecule has 1 fully saturated rings. The maximum Gasteiger partial charge on any atom is 0.243 e. The zero-order valence-electron chi connectivity index (χ0n) is 12.8. The van der Waals surface area contributed by atoms with Crippen molar-refractivity contribution in [2.45, 2.75) is 44.4 Å². The summed E-state index contributed by atoms with van der Waals surface area (Å²) in [5, 5.41) is 0. The maximum absolute atomic E-state index is 12.8. The molecule has 1 atom stereocenters. The van der Waals surface area contributed by atoms with Gasteiger partial charge in [-0.3, -0.25) is 0 Å². The summed E-state index contributed by atoms with van der Waals surface area (Å²) in [7, 11) is -3.35. The third-order valence-electron chi connectivity index (χ3n) is 4.88. The highest BCUT2D eigenvalue weighted by molar-refractivity contribution is 7.89. The van der Waals surface area contributed by atoms with Crippen molar-refractivity contribution in [3.63, 3.8) is 0 Å². The molecule has 21 heavy (non-hydrogen) atoms. The molecule has 1 saturated heterocycles. The van der Waals surface area contributed by atoms with E-state index in [0.717, 1.165) is 18.4 Å². The molecule has 1 aliphatic carbocycles. The summed E-state index contributed by atoms with van der Waals surface area (Å²) >= 11 is 0. The highest BCUT2D eigenvalue weighted by Crippen LogP contribution is 2.37. The maximum atomic E-state index is 12.8. The van der Waals surface area contributed by atoms with Crippen molar-refractivity contribution in [3.05, 3.63) is 41.0 Å². The molecule has 4 heteroatoms. The Morgan fingerprint density at radius 2 is 1.81 bits per heavy atom. The second-order valence-corrected chi connectivity index (χ2v) is 8.27. The number of allylic oxidation sites excluding steroid dienone is 1. The first-order valence-electron chi connectivity index (χ1n) is 7.74. The van der Waals surface area contributed by atoms with E-state index in [1.165, 1.54) is 24.0 Å². The average Bonchev–Trinajstić information content (AvgIpc) is 2.48. The standard InChI is InChI=1S/C17H23NO2S/c1-13-6-8-16(9-7-13)21(19,20)18-11-10-15-5-3-4-14(2)17(15)12-18/h6-9,15H,3-5,10-12H2,1-2H3. The molecule has 0 bridgehead atoms. The van der Waals surface area contributed by atoms with E-state index in [-0.39, 0.29) is 0 Å². The number of benzene rings is 1. The van der Waals surface area contributed by atoms with E-state index in [0.29, 0.717) is 23.9 Å². The van der Waals surface area contributed by atoms with Crippen LogP contribution < -0.4 is 0 Å². The molecule has 1 aromatic rings. The monoisotopic (exact) mass is 305 g/mol. The second-order valence-electron chi connectivity index (χ2n) is 6.34. The number of aryl methyl sites for hydroxylation is 1. The molecule has 0 saturated carbocycles. The predicted molar refractivity (Wildman–Crippen MR) is 84.6 cm³/mol. The average molecular weight is 305 g/mol. The van der Waals surface area contributed by atoms with Crippen molar-refractivity contribution < 1.29 is 8.42 Å². The lowest BCUT2D eigenvalue weighted by Crippen LogP contribution is -2.41. The van der Waals surface area contributed by atoms with Crippen LogP contribution in [0.5, 0.6) is 0 Å². The normalized spacial score (nSPS) is 24.0. The van der Waals surface area contributed by atoms with Crippen LogP contribution in [0.4, 0.5) is 0 Å². The van der Waals surface area contributed by atoms with Gasteiger partial charge in [-0.15, -0.1) is 0 Å². The third-order valence-corrected chi connectivity index (χ3v) is 6.74. The van der Waals surface area contributed by atoms with Gasteiger partial charge in [0.15, 0.2) is 0 Å². The number of nitrogens with zero attached hydrogens (tertiary/aromatic N) is 1. The summed E-state index contributed by atoms with van der Waals surface area (Å²) in [4.78, 5) is 0.417. The topological polar surface area (TPSA) is 37.4 Å². The van der Waals surface area contributed by atoms with Gasteiger partial charge in [0.25, 0.3) is 0 Å². The fourth-order valence-electron chi connectivity index (χ4n) is 3.51. The fourth-order valence-corrected chi connectivity index (χ4v) is 4.95. The lowest BCUT2D eigenvalue weighted by molar-refractivity contribution is 0.312. The molecule has 2 aliphatic rings. The Hall–Kier alpha value is -1.13. The third kappa shape index (κ3) is 2.79. The Morgan fingerprint density at radius 3 is 2.52 bits per heavy atom. The summed E-state index contributed by atoms with van der Waals surface area (Å²) in [6.45, 7) is 5.38. The second kappa shape index (κ2) is 5.58. The van der Waals surface area contributed by atoms with Crippen molar-refractivity contribution in [1.82, 2.24) is 4.31 Å². The van der Waals surface area contributed by atoms with Crippen LogP contribution in [-0.4, -0.2) is 25.8 Å². The van der Waals surface area contributed by atoms with Crippen LogP contribution in [0.3, 0.4) is 0 Å². The molecule has 1 unspecified atom stereocenters. The quantitative estimate of drug-likeness (QED) is 0.784. The van der Waals surface area contributed by atoms with Crippen LogP contribution >= 0.6 is 0 Å². The van der Waals surface area contributed by atoms with Crippen molar-refractivity contribution in [3.8, 4) is 0 Å². The first kappa shape index (κ1) is 14.8. The van der Waals surface area contributed by atoms with Gasteiger partial charge in [-0.25, -0.2) is 8.42 Å². The summed E-state index contributed by atoms with van der Waals surface area (Å²) in [5.74, 6) is 0.614. The summed E-state index contributed by atoms with van der Waals surface area (Å²) in [5.41, 5.74) is 3.87. The molecule has 114 valence electrons. The molecule has 0 radical (unpaired) electrons. The first-order chi connectivity index (χ1) is 9.98. The number of hydrogen-bond acceptors (Lipinski definition) is 2. The van der Waals surface area contributed by atoms with Gasteiger partial charge in [0.05, 0.1) is 4.90 Å². The van der Waals surface area contributed by atoms with E-state index in [4.69, 9.17) is 0 Å². The van der Waals surface area contributed by atoms with Gasteiger partial charge < -0.3 is 0 Å². The number of fused-ring (bicyclic) bond motifs is 1. The minimum Gasteiger partial charge on any atom is -0.207 e. The highest BCUT2D eigenvalue weighted by atomic mass is 32.2. The molecule has 3 nitrogen and oxygen atoms in total. The Kier molecular flexibility index (Phi) is 3.93. The number of hydrogen-bond donors (Lipinski definition) is 0. The lowest BCUT2D eigenvalue weighted by atomic mass is 9.79. The van der Waals surface area contributed by atoms with E-state index in [1.54, 1.807) is 16.4 Å². The molecule has 0 aromatic heterocycles. The fraction of sp³-hybridized carbons (Fsp3) is 0.529. The Bertz CT molecular complexity index is 659. The largest absolute Gasteiger partial charge is 0.243 e. The number of piperidine rings is 1. The van der Waals surface area contributed by atoms with Crippen molar-refractivity contribution in [1.29, 1.82) is 0 Å². The van der Waals surface area contributed by atoms with E-state index in [1.807, 2.05) is 19.1 Å². The molecule has 0 N–H and O–H groups in total. The zero-order valence-corrected chi connectivity index (χ0v) is 13.6. The van der Waals surface area contributed by atoms with E-state index < -0.39 is 10.0 Å². The Labute approximate surface area is 127 Å². The van der Waals surface area contributed by atoms with E-state index >= 15 is 0 Å². The molecular weight excluding hydrogens is 282 g/mol. The predicted octanol–water partition coefficient (Wildman–Crippen LogP) is 3.51. The van der Waals surface area contributed by atoms with Crippen LogP contribution in [0.25, 0.3) is 0 Å².